The molecule has 1 aliphatic heterocycles. The molecule has 0 radical (unpaired) electrons. The summed E-state index contributed by atoms with van der Waals surface area (Å²) in [6.07, 6.45) is 8.57. The van der Waals surface area contributed by atoms with Crippen molar-refractivity contribution in [2.45, 2.75) is 31.7 Å². The molecule has 1 atom stereocenters. The van der Waals surface area contributed by atoms with Crippen LogP contribution in [-0.4, -0.2) is 33.7 Å². The normalized spacial score (nSPS) is 20.5. The molecule has 0 amide bonds. The van der Waals surface area contributed by atoms with Crippen LogP contribution in [0.2, 0.25) is 0 Å². The Bertz CT molecular complexity index is 519. The summed E-state index contributed by atoms with van der Waals surface area (Å²) in [6, 6.07) is 4.53. The molecule has 96 valence electrons. The van der Waals surface area contributed by atoms with Gasteiger partial charge in [-0.25, -0.2) is 9.50 Å². The third kappa shape index (κ3) is 2.06. The van der Waals surface area contributed by atoms with Crippen molar-refractivity contribution in [3.8, 4) is 0 Å². The molecule has 2 aromatic heterocycles. The first-order chi connectivity index (χ1) is 8.88. The molecule has 1 unspecified atom stereocenters. The zero-order chi connectivity index (χ0) is 12.4. The quantitative estimate of drug-likeness (QED) is 0.889. The first-order valence-electron chi connectivity index (χ1n) is 6.65. The van der Waals surface area contributed by atoms with Crippen LogP contribution in [0, 0.1) is 0 Å². The zero-order valence-electron chi connectivity index (χ0n) is 10.5. The van der Waals surface area contributed by atoms with E-state index < -0.39 is 0 Å². The summed E-state index contributed by atoms with van der Waals surface area (Å²) in [6.45, 7) is 1.83. The Balaban J connectivity index is 1.90. The van der Waals surface area contributed by atoms with Gasteiger partial charge in [0, 0.05) is 24.8 Å². The van der Waals surface area contributed by atoms with Gasteiger partial charge in [-0.15, -0.1) is 0 Å². The fraction of sp³-hybridized carbons (Fsp3) is 0.538. The third-order valence-electron chi connectivity index (χ3n) is 3.66. The van der Waals surface area contributed by atoms with E-state index in [1.165, 1.54) is 19.3 Å². The van der Waals surface area contributed by atoms with E-state index in [9.17, 15) is 0 Å². The molecule has 1 saturated heterocycles. The predicted octanol–water partition coefficient (Wildman–Crippen LogP) is 1.44. The van der Waals surface area contributed by atoms with Crippen LogP contribution in [0.4, 0.5) is 5.82 Å². The van der Waals surface area contributed by atoms with Crippen LogP contribution < -0.4 is 10.6 Å². The molecule has 2 N–H and O–H groups in total. The lowest BCUT2D eigenvalue weighted by atomic mass is 9.99. The van der Waals surface area contributed by atoms with E-state index in [2.05, 4.69) is 21.0 Å². The zero-order valence-corrected chi connectivity index (χ0v) is 10.5. The Morgan fingerprint density at radius 2 is 2.28 bits per heavy atom. The highest BCUT2D eigenvalue weighted by molar-refractivity contribution is 5.48. The van der Waals surface area contributed by atoms with Crippen molar-refractivity contribution in [1.82, 2.24) is 14.6 Å². The molecule has 18 heavy (non-hydrogen) atoms. The summed E-state index contributed by atoms with van der Waals surface area (Å²) in [7, 11) is 0. The smallest absolute Gasteiger partial charge is 0.157 e. The summed E-state index contributed by atoms with van der Waals surface area (Å²) in [5.74, 6) is 1.06. The SMILES string of the molecule is NCCC1CCCCN1c1ccn2nccc2n1. The topological polar surface area (TPSA) is 59.5 Å². The molecule has 3 heterocycles. The molecule has 5 nitrogen and oxygen atoms in total. The van der Waals surface area contributed by atoms with Crippen molar-refractivity contribution >= 4 is 11.5 Å². The molecule has 0 aromatic carbocycles. The molecular formula is C13H19N5. The second-order valence-corrected chi connectivity index (χ2v) is 4.84. The van der Waals surface area contributed by atoms with Crippen molar-refractivity contribution in [3.63, 3.8) is 0 Å². The standard InChI is InChI=1S/C13H19N5/c14-7-4-11-3-1-2-9-17(11)12-6-10-18-13(16-12)5-8-15-18/h5-6,8,10-11H,1-4,7,9,14H2. The minimum Gasteiger partial charge on any atom is -0.353 e. The van der Waals surface area contributed by atoms with E-state index in [-0.39, 0.29) is 0 Å². The number of nitrogens with two attached hydrogens (primary N) is 1. The third-order valence-corrected chi connectivity index (χ3v) is 3.66. The fourth-order valence-electron chi connectivity index (χ4n) is 2.76. The van der Waals surface area contributed by atoms with Crippen LogP contribution in [-0.2, 0) is 0 Å². The maximum Gasteiger partial charge on any atom is 0.157 e. The molecular weight excluding hydrogens is 226 g/mol. The summed E-state index contributed by atoms with van der Waals surface area (Å²) in [4.78, 5) is 7.08. The second kappa shape index (κ2) is 4.94. The number of anilines is 1. The maximum absolute atomic E-state index is 5.71. The maximum atomic E-state index is 5.71. The van der Waals surface area contributed by atoms with E-state index >= 15 is 0 Å². The van der Waals surface area contributed by atoms with E-state index in [1.807, 2.05) is 12.3 Å². The van der Waals surface area contributed by atoms with Gasteiger partial charge < -0.3 is 10.6 Å². The van der Waals surface area contributed by atoms with Gasteiger partial charge in [-0.1, -0.05) is 0 Å². The van der Waals surface area contributed by atoms with E-state index in [4.69, 9.17) is 5.73 Å². The Labute approximate surface area is 107 Å². The van der Waals surface area contributed by atoms with Crippen LogP contribution in [0.15, 0.2) is 24.5 Å². The number of fused-ring (bicyclic) bond motifs is 1. The van der Waals surface area contributed by atoms with Gasteiger partial charge in [0.1, 0.15) is 5.82 Å². The van der Waals surface area contributed by atoms with Gasteiger partial charge >= 0.3 is 0 Å². The fourth-order valence-corrected chi connectivity index (χ4v) is 2.76. The number of hydrogen-bond donors (Lipinski definition) is 1. The summed E-state index contributed by atoms with van der Waals surface area (Å²) in [5.41, 5.74) is 6.62. The number of aromatic nitrogens is 3. The molecule has 1 fully saturated rings. The Morgan fingerprint density at radius 3 is 3.17 bits per heavy atom. The van der Waals surface area contributed by atoms with E-state index in [1.54, 1.807) is 10.7 Å². The lowest BCUT2D eigenvalue weighted by Gasteiger charge is -2.36. The minimum atomic E-state index is 0.543. The van der Waals surface area contributed by atoms with Crippen molar-refractivity contribution in [3.05, 3.63) is 24.5 Å². The van der Waals surface area contributed by atoms with Gasteiger partial charge in [0.15, 0.2) is 5.65 Å². The van der Waals surface area contributed by atoms with Crippen molar-refractivity contribution in [2.75, 3.05) is 18.0 Å². The molecule has 1 aliphatic rings. The molecule has 0 bridgehead atoms. The van der Waals surface area contributed by atoms with Crippen LogP contribution in [0.5, 0.6) is 0 Å². The van der Waals surface area contributed by atoms with E-state index in [0.29, 0.717) is 6.04 Å². The summed E-state index contributed by atoms with van der Waals surface area (Å²) >= 11 is 0. The Kier molecular flexibility index (Phi) is 3.15. The van der Waals surface area contributed by atoms with Crippen LogP contribution in [0.25, 0.3) is 5.65 Å². The lowest BCUT2D eigenvalue weighted by Crippen LogP contribution is -2.41. The monoisotopic (exact) mass is 245 g/mol. The Hall–Kier alpha value is -1.62. The molecule has 0 aliphatic carbocycles. The van der Waals surface area contributed by atoms with Crippen LogP contribution in [0.3, 0.4) is 0 Å². The molecule has 5 heteroatoms. The van der Waals surface area contributed by atoms with Gasteiger partial charge in [-0.2, -0.15) is 5.10 Å². The first-order valence-corrected chi connectivity index (χ1v) is 6.65. The van der Waals surface area contributed by atoms with Crippen molar-refractivity contribution in [2.24, 2.45) is 5.73 Å². The molecule has 0 saturated carbocycles. The highest BCUT2D eigenvalue weighted by atomic mass is 15.3. The summed E-state index contributed by atoms with van der Waals surface area (Å²) < 4.78 is 1.80. The van der Waals surface area contributed by atoms with E-state index in [0.717, 1.165) is 31.0 Å². The highest BCUT2D eigenvalue weighted by Gasteiger charge is 2.22. The average Bonchev–Trinajstić information content (AvgIpc) is 2.87. The Morgan fingerprint density at radius 1 is 1.33 bits per heavy atom. The molecule has 0 spiro atoms. The van der Waals surface area contributed by atoms with Gasteiger partial charge in [0.05, 0.1) is 6.20 Å². The summed E-state index contributed by atoms with van der Waals surface area (Å²) in [5, 5.41) is 4.18. The van der Waals surface area contributed by atoms with Gasteiger partial charge in [0.2, 0.25) is 0 Å². The first kappa shape index (κ1) is 11.5. The minimum absolute atomic E-state index is 0.543. The number of piperidine rings is 1. The van der Waals surface area contributed by atoms with Crippen LogP contribution in [0.1, 0.15) is 25.7 Å². The largest absolute Gasteiger partial charge is 0.353 e. The lowest BCUT2D eigenvalue weighted by molar-refractivity contribution is 0.439. The molecule has 3 rings (SSSR count). The predicted molar refractivity (Wildman–Crippen MR) is 71.6 cm³/mol. The van der Waals surface area contributed by atoms with Gasteiger partial charge in [-0.3, -0.25) is 0 Å². The highest BCUT2D eigenvalue weighted by Crippen LogP contribution is 2.24. The molecule has 2 aromatic rings. The number of rotatable bonds is 3. The average molecular weight is 245 g/mol. The van der Waals surface area contributed by atoms with Crippen LogP contribution >= 0.6 is 0 Å². The van der Waals surface area contributed by atoms with Gasteiger partial charge in [0.25, 0.3) is 0 Å². The van der Waals surface area contributed by atoms with Crippen molar-refractivity contribution in [1.29, 1.82) is 0 Å². The number of hydrogen-bond acceptors (Lipinski definition) is 4. The van der Waals surface area contributed by atoms with Crippen molar-refractivity contribution < 1.29 is 0 Å². The van der Waals surface area contributed by atoms with Gasteiger partial charge in [-0.05, 0) is 38.3 Å². The second-order valence-electron chi connectivity index (χ2n) is 4.84. The number of nitrogens with zero attached hydrogens (tertiary/aromatic N) is 4.